The molecule has 6 nitrogen and oxygen atoms in total. The normalized spacial score (nSPS) is 11.2. The van der Waals surface area contributed by atoms with E-state index in [2.05, 4.69) is 150 Å². The van der Waals surface area contributed by atoms with Gasteiger partial charge in [-0.2, -0.15) is 5.26 Å². The van der Waals surface area contributed by atoms with Gasteiger partial charge in [-0.25, -0.2) is 4.85 Å². The molecule has 0 spiro atoms. The zero-order valence-electron chi connectivity index (χ0n) is 37.2. The summed E-state index contributed by atoms with van der Waals surface area (Å²) in [5.74, 6) is 1.58. The van der Waals surface area contributed by atoms with Crippen LogP contribution in [0.25, 0.3) is 50.7 Å². The third kappa shape index (κ3) is 8.86. The van der Waals surface area contributed by atoms with Gasteiger partial charge in [0.25, 0.3) is 0 Å². The lowest BCUT2D eigenvalue weighted by molar-refractivity contribution is 0.415. The van der Waals surface area contributed by atoms with E-state index in [4.69, 9.17) is 16.0 Å². The fourth-order valence-electron chi connectivity index (χ4n) is 8.29. The Morgan fingerprint density at radius 2 is 0.758 bits per heavy atom. The molecule has 6 heteroatoms. The number of benzene rings is 9. The quantitative estimate of drug-likeness (QED) is 0.0696. The molecule has 9 aromatic rings. The lowest BCUT2D eigenvalue weighted by Gasteiger charge is -2.26. The molecule has 0 aromatic heterocycles. The summed E-state index contributed by atoms with van der Waals surface area (Å²) in [7, 11) is 3.33. The van der Waals surface area contributed by atoms with Gasteiger partial charge in [0, 0.05) is 34.1 Å². The molecule has 0 radical (unpaired) electrons. The molecule has 66 heavy (non-hydrogen) atoms. The van der Waals surface area contributed by atoms with Crippen molar-refractivity contribution in [2.24, 2.45) is 0 Å². The standard InChI is InChI=1S/C60H46N4O2/c1-41-6-20-47(21-7-41)63(48-22-8-42(2)9-23-48)49-24-14-44(15-25-49)11-13-46-18-36-55-58(39-46)60(62-3)56-37-19-45(38-57(56)59(55)40-61)12-10-43-16-26-50(27-17-43)64(51-28-32-53(65-4)33-29-51)52-30-34-54(66-5)35-31-52/h6-39H,1-2,4-5H3/b12-10+,13-11+. The Morgan fingerprint density at radius 3 is 1.14 bits per heavy atom. The highest BCUT2D eigenvalue weighted by molar-refractivity contribution is 6.16. The Labute approximate surface area is 386 Å². The summed E-state index contributed by atoms with van der Waals surface area (Å²) in [4.78, 5) is 8.48. The van der Waals surface area contributed by atoms with Crippen LogP contribution < -0.4 is 19.3 Å². The Kier molecular flexibility index (Phi) is 12.1. The van der Waals surface area contributed by atoms with Crippen molar-refractivity contribution >= 4 is 85.7 Å². The highest BCUT2D eigenvalue weighted by atomic mass is 16.5. The summed E-state index contributed by atoms with van der Waals surface area (Å²) in [6, 6.07) is 64.5. The first-order chi connectivity index (χ1) is 32.3. The second-order valence-electron chi connectivity index (χ2n) is 16.1. The van der Waals surface area contributed by atoms with Crippen molar-refractivity contribution in [3.05, 3.63) is 232 Å². The summed E-state index contributed by atoms with van der Waals surface area (Å²) in [5.41, 5.74) is 13.7. The second-order valence-corrected chi connectivity index (χ2v) is 16.1. The summed E-state index contributed by atoms with van der Waals surface area (Å²) in [6.45, 7) is 12.5. The van der Waals surface area contributed by atoms with Crippen LogP contribution in [0.15, 0.2) is 182 Å². The Morgan fingerprint density at radius 1 is 0.424 bits per heavy atom. The molecule has 0 N–H and O–H groups in total. The molecule has 0 aliphatic carbocycles. The molecule has 0 amide bonds. The average Bonchev–Trinajstić information content (AvgIpc) is 3.36. The molecule has 0 unspecified atom stereocenters. The number of aryl methyl sites for hydroxylation is 2. The van der Waals surface area contributed by atoms with Gasteiger partial charge in [0.2, 0.25) is 5.69 Å². The summed E-state index contributed by atoms with van der Waals surface area (Å²) >= 11 is 0. The van der Waals surface area contributed by atoms with E-state index >= 15 is 0 Å². The SMILES string of the molecule is [C-]#[N+]c1c2ccc(/C=C/c3ccc(N(c4ccc(OC)cc4)c4ccc(OC)cc4)cc3)cc2c(C#N)c2ccc(/C=C/c3ccc(N(c4ccc(C)cc4)c4ccc(C)cc4)cc3)cc12. The minimum Gasteiger partial charge on any atom is -0.497 e. The van der Waals surface area contributed by atoms with E-state index in [0.29, 0.717) is 11.3 Å². The van der Waals surface area contributed by atoms with Crippen molar-refractivity contribution in [2.45, 2.75) is 13.8 Å². The molecule has 318 valence electrons. The van der Waals surface area contributed by atoms with Gasteiger partial charge in [-0.3, -0.25) is 0 Å². The highest BCUT2D eigenvalue weighted by Gasteiger charge is 2.17. The van der Waals surface area contributed by atoms with Crippen molar-refractivity contribution in [1.82, 2.24) is 0 Å². The van der Waals surface area contributed by atoms with Crippen molar-refractivity contribution in [3.8, 4) is 17.6 Å². The van der Waals surface area contributed by atoms with Gasteiger partial charge < -0.3 is 19.3 Å². The maximum Gasteiger partial charge on any atom is 0.202 e. The summed E-state index contributed by atoms with van der Waals surface area (Å²) in [6.07, 6.45) is 8.26. The number of rotatable bonds is 12. The van der Waals surface area contributed by atoms with Crippen LogP contribution in [0.4, 0.5) is 39.8 Å². The average molecular weight is 855 g/mol. The lowest BCUT2D eigenvalue weighted by Crippen LogP contribution is -2.09. The van der Waals surface area contributed by atoms with E-state index in [1.54, 1.807) is 14.2 Å². The second kappa shape index (κ2) is 18.9. The van der Waals surface area contributed by atoms with Gasteiger partial charge in [0.1, 0.15) is 17.6 Å². The first-order valence-electron chi connectivity index (χ1n) is 21.7. The molecule has 0 bridgehead atoms. The molecule has 0 saturated heterocycles. The third-order valence-electron chi connectivity index (χ3n) is 11.8. The first kappa shape index (κ1) is 42.5. The topological polar surface area (TPSA) is 53.1 Å². The summed E-state index contributed by atoms with van der Waals surface area (Å²) in [5, 5.41) is 13.6. The number of hydrogen-bond donors (Lipinski definition) is 0. The molecular weight excluding hydrogens is 809 g/mol. The summed E-state index contributed by atoms with van der Waals surface area (Å²) < 4.78 is 10.8. The Hall–Kier alpha value is -8.84. The molecule has 9 rings (SSSR count). The molecule has 0 aliphatic rings. The predicted octanol–water partition coefficient (Wildman–Crippen LogP) is 16.3. The number of methoxy groups -OCH3 is 2. The predicted molar refractivity (Wildman–Crippen MR) is 275 cm³/mol. The van der Waals surface area contributed by atoms with Gasteiger partial charge in [-0.15, -0.1) is 0 Å². The maximum absolute atomic E-state index is 10.6. The number of nitriles is 1. The lowest BCUT2D eigenvalue weighted by atomic mass is 9.93. The maximum atomic E-state index is 10.6. The number of hydrogen-bond acceptors (Lipinski definition) is 5. The minimum atomic E-state index is 0.537. The van der Waals surface area contributed by atoms with Crippen molar-refractivity contribution in [1.29, 1.82) is 5.26 Å². The first-order valence-corrected chi connectivity index (χ1v) is 21.7. The molecular formula is C60H46N4O2. The van der Waals surface area contributed by atoms with Crippen LogP contribution in [0.1, 0.15) is 38.9 Å². The van der Waals surface area contributed by atoms with Gasteiger partial charge in [0.05, 0.1) is 26.4 Å². The van der Waals surface area contributed by atoms with E-state index in [1.807, 2.05) is 91.0 Å². The van der Waals surface area contributed by atoms with Crippen LogP contribution in [-0.4, -0.2) is 14.2 Å². The van der Waals surface area contributed by atoms with E-state index in [1.165, 1.54) is 11.1 Å². The molecule has 0 heterocycles. The van der Waals surface area contributed by atoms with Gasteiger partial charge >= 0.3 is 0 Å². The number of fused-ring (bicyclic) bond motifs is 2. The fourth-order valence-corrected chi connectivity index (χ4v) is 8.29. The fraction of sp³-hybridized carbons (Fsp3) is 0.0667. The Balaban J connectivity index is 0.967. The van der Waals surface area contributed by atoms with Gasteiger partial charge in [0.15, 0.2) is 0 Å². The van der Waals surface area contributed by atoms with E-state index in [0.717, 1.165) is 89.4 Å². The van der Waals surface area contributed by atoms with Gasteiger partial charge in [-0.1, -0.05) is 114 Å². The smallest absolute Gasteiger partial charge is 0.202 e. The zero-order valence-corrected chi connectivity index (χ0v) is 37.2. The molecule has 9 aromatic carbocycles. The minimum absolute atomic E-state index is 0.537. The van der Waals surface area contributed by atoms with Crippen LogP contribution >= 0.6 is 0 Å². The van der Waals surface area contributed by atoms with Crippen LogP contribution in [0.2, 0.25) is 0 Å². The molecule has 0 aliphatic heterocycles. The van der Waals surface area contributed by atoms with Crippen LogP contribution in [-0.2, 0) is 0 Å². The van der Waals surface area contributed by atoms with Crippen molar-refractivity contribution < 1.29 is 9.47 Å². The monoisotopic (exact) mass is 854 g/mol. The van der Waals surface area contributed by atoms with Crippen molar-refractivity contribution in [3.63, 3.8) is 0 Å². The van der Waals surface area contributed by atoms with E-state index in [9.17, 15) is 5.26 Å². The number of anilines is 6. The van der Waals surface area contributed by atoms with Gasteiger partial charge in [-0.05, 0) is 161 Å². The van der Waals surface area contributed by atoms with Crippen LogP contribution in [0.5, 0.6) is 11.5 Å². The number of nitrogens with zero attached hydrogens (tertiary/aromatic N) is 4. The largest absolute Gasteiger partial charge is 0.497 e. The van der Waals surface area contributed by atoms with Crippen molar-refractivity contribution in [2.75, 3.05) is 24.0 Å². The molecule has 0 atom stereocenters. The zero-order chi connectivity index (χ0) is 45.6. The Bertz CT molecular complexity index is 3230. The molecule has 0 fully saturated rings. The highest BCUT2D eigenvalue weighted by Crippen LogP contribution is 2.41. The van der Waals surface area contributed by atoms with Crippen LogP contribution in [0, 0.1) is 31.8 Å². The van der Waals surface area contributed by atoms with E-state index < -0.39 is 0 Å². The molecule has 0 saturated carbocycles. The number of ether oxygens (including phenoxy) is 2. The van der Waals surface area contributed by atoms with E-state index in [-0.39, 0.29) is 0 Å². The third-order valence-corrected chi connectivity index (χ3v) is 11.8. The van der Waals surface area contributed by atoms with Crippen LogP contribution in [0.3, 0.4) is 0 Å².